The van der Waals surface area contributed by atoms with Crippen LogP contribution in [-0.4, -0.2) is 43.0 Å². The van der Waals surface area contributed by atoms with Crippen molar-refractivity contribution in [1.82, 2.24) is 24.9 Å². The molecule has 0 spiro atoms. The molecule has 0 saturated carbocycles. The van der Waals surface area contributed by atoms with Crippen LogP contribution >= 0.6 is 23.2 Å². The zero-order valence-corrected chi connectivity index (χ0v) is 24.6. The second-order valence-electron chi connectivity index (χ2n) is 11.6. The van der Waals surface area contributed by atoms with Crippen LogP contribution in [0.5, 0.6) is 0 Å². The lowest BCUT2D eigenvalue weighted by Gasteiger charge is -2.53. The summed E-state index contributed by atoms with van der Waals surface area (Å²) in [5, 5.41) is 26.2. The van der Waals surface area contributed by atoms with Crippen molar-refractivity contribution in [3.63, 3.8) is 0 Å². The molecule has 11 heteroatoms. The molecule has 3 heterocycles. The fourth-order valence-electron chi connectivity index (χ4n) is 5.57. The topological polar surface area (TPSA) is 94.7 Å². The summed E-state index contributed by atoms with van der Waals surface area (Å²) in [7, 11) is 2.19. The molecule has 1 aliphatic rings. The van der Waals surface area contributed by atoms with Crippen LogP contribution < -0.4 is 10.6 Å². The zero-order valence-electron chi connectivity index (χ0n) is 23.1. The SMILES string of the molecule is CN1C(C)(C)CC(n2cc(CNc3cc(Cl)c4ncc(C#N)c(Nc5ccc(F)c(Cl)c5)c4c3)nn2)CC1(C)C. The number of hydrogen-bond donors (Lipinski definition) is 2. The molecule has 208 valence electrons. The third-order valence-corrected chi connectivity index (χ3v) is 8.50. The number of halogens is 3. The van der Waals surface area contributed by atoms with E-state index in [1.54, 1.807) is 12.1 Å². The minimum Gasteiger partial charge on any atom is -0.379 e. The van der Waals surface area contributed by atoms with E-state index in [1.807, 2.05) is 16.9 Å². The lowest BCUT2D eigenvalue weighted by atomic mass is 9.77. The van der Waals surface area contributed by atoms with Gasteiger partial charge in [0.1, 0.15) is 17.6 Å². The summed E-state index contributed by atoms with van der Waals surface area (Å²) in [4.78, 5) is 6.84. The predicted molar refractivity (Wildman–Crippen MR) is 158 cm³/mol. The van der Waals surface area contributed by atoms with E-state index in [0.29, 0.717) is 39.4 Å². The molecule has 2 aromatic carbocycles. The smallest absolute Gasteiger partial charge is 0.141 e. The van der Waals surface area contributed by atoms with Gasteiger partial charge in [0.25, 0.3) is 0 Å². The fourth-order valence-corrected chi connectivity index (χ4v) is 6.02. The van der Waals surface area contributed by atoms with Crippen molar-refractivity contribution < 1.29 is 4.39 Å². The highest BCUT2D eigenvalue weighted by Gasteiger charge is 2.43. The molecule has 1 saturated heterocycles. The van der Waals surface area contributed by atoms with Gasteiger partial charge in [0.2, 0.25) is 0 Å². The molecule has 1 aliphatic heterocycles. The van der Waals surface area contributed by atoms with E-state index >= 15 is 0 Å². The molecule has 0 aliphatic carbocycles. The van der Waals surface area contributed by atoms with Gasteiger partial charge in [-0.15, -0.1) is 5.10 Å². The number of pyridine rings is 1. The maximum absolute atomic E-state index is 13.7. The highest BCUT2D eigenvalue weighted by atomic mass is 35.5. The molecule has 0 unspecified atom stereocenters. The number of benzene rings is 2. The molecule has 0 amide bonds. The van der Waals surface area contributed by atoms with Crippen LogP contribution in [0.1, 0.15) is 57.8 Å². The summed E-state index contributed by atoms with van der Waals surface area (Å²) >= 11 is 12.6. The molecular formula is C29H31Cl2FN8. The Hall–Kier alpha value is -3.45. The molecule has 1 fully saturated rings. The van der Waals surface area contributed by atoms with E-state index in [0.717, 1.165) is 24.2 Å². The predicted octanol–water partition coefficient (Wildman–Crippen LogP) is 7.32. The summed E-state index contributed by atoms with van der Waals surface area (Å²) in [5.74, 6) is -0.526. The molecule has 4 aromatic rings. The van der Waals surface area contributed by atoms with Crippen LogP contribution in [0.2, 0.25) is 10.0 Å². The number of nitriles is 1. The number of fused-ring (bicyclic) bond motifs is 1. The molecule has 0 radical (unpaired) electrons. The Balaban J connectivity index is 1.39. The number of piperidine rings is 1. The van der Waals surface area contributed by atoms with E-state index in [1.165, 1.54) is 18.3 Å². The van der Waals surface area contributed by atoms with Gasteiger partial charge >= 0.3 is 0 Å². The van der Waals surface area contributed by atoms with Crippen molar-refractivity contribution in [2.45, 2.75) is 64.2 Å². The van der Waals surface area contributed by atoms with Crippen molar-refractivity contribution in [3.05, 3.63) is 69.8 Å². The van der Waals surface area contributed by atoms with Gasteiger partial charge in [0, 0.05) is 34.0 Å². The Labute approximate surface area is 243 Å². The quantitative estimate of drug-likeness (QED) is 0.246. The average molecular weight is 582 g/mol. The Kier molecular flexibility index (Phi) is 7.38. The van der Waals surface area contributed by atoms with Gasteiger partial charge < -0.3 is 10.6 Å². The lowest BCUT2D eigenvalue weighted by molar-refractivity contribution is -0.0288. The van der Waals surface area contributed by atoms with Crippen LogP contribution in [0, 0.1) is 17.1 Å². The van der Waals surface area contributed by atoms with Gasteiger partial charge in [-0.1, -0.05) is 28.4 Å². The van der Waals surface area contributed by atoms with E-state index in [9.17, 15) is 9.65 Å². The third-order valence-electron chi connectivity index (χ3n) is 7.93. The Morgan fingerprint density at radius 1 is 1.07 bits per heavy atom. The van der Waals surface area contributed by atoms with Crippen LogP contribution in [-0.2, 0) is 6.54 Å². The maximum atomic E-state index is 13.7. The third kappa shape index (κ3) is 5.44. The molecule has 0 bridgehead atoms. The van der Waals surface area contributed by atoms with Crippen molar-refractivity contribution in [3.8, 4) is 6.07 Å². The number of rotatable bonds is 6. The monoisotopic (exact) mass is 580 g/mol. The van der Waals surface area contributed by atoms with Gasteiger partial charge in [-0.05, 0) is 77.9 Å². The van der Waals surface area contributed by atoms with E-state index in [2.05, 4.69) is 71.6 Å². The molecule has 8 nitrogen and oxygen atoms in total. The van der Waals surface area contributed by atoms with Crippen molar-refractivity contribution in [2.24, 2.45) is 0 Å². The van der Waals surface area contributed by atoms with Gasteiger partial charge in [-0.2, -0.15) is 5.26 Å². The first-order chi connectivity index (χ1) is 18.9. The highest BCUT2D eigenvalue weighted by molar-refractivity contribution is 6.36. The fraction of sp³-hybridized carbons (Fsp3) is 0.379. The molecule has 2 aromatic heterocycles. The first-order valence-corrected chi connectivity index (χ1v) is 13.8. The Morgan fingerprint density at radius 2 is 1.77 bits per heavy atom. The Bertz CT molecular complexity index is 1610. The number of nitrogens with one attached hydrogen (secondary N) is 2. The van der Waals surface area contributed by atoms with Crippen LogP contribution in [0.15, 0.2) is 42.7 Å². The van der Waals surface area contributed by atoms with Gasteiger partial charge in [0.15, 0.2) is 0 Å². The standard InChI is InChI=1S/C29H31Cl2FN8/c1-28(2)11-21(12-29(3,4)39(28)5)40-16-20(37-38-40)15-34-19-8-22-26(36-18-6-7-25(32)23(30)9-18)17(13-33)14-35-27(22)24(31)10-19/h6-10,14,16,21,34H,11-12,15H2,1-5H3,(H,35,36). The number of hydrogen-bond acceptors (Lipinski definition) is 7. The molecule has 0 atom stereocenters. The zero-order chi connectivity index (χ0) is 28.8. The van der Waals surface area contributed by atoms with Crippen molar-refractivity contribution in [2.75, 3.05) is 17.7 Å². The second-order valence-corrected chi connectivity index (χ2v) is 12.4. The van der Waals surface area contributed by atoms with Crippen LogP contribution in [0.25, 0.3) is 10.9 Å². The van der Waals surface area contributed by atoms with Crippen molar-refractivity contribution in [1.29, 1.82) is 5.26 Å². The van der Waals surface area contributed by atoms with E-state index < -0.39 is 5.82 Å². The first kappa shape index (κ1) is 28.1. The molecule has 40 heavy (non-hydrogen) atoms. The molecule has 2 N–H and O–H groups in total. The van der Waals surface area contributed by atoms with Gasteiger partial charge in [0.05, 0.1) is 45.6 Å². The first-order valence-electron chi connectivity index (χ1n) is 13.0. The highest BCUT2D eigenvalue weighted by Crippen LogP contribution is 2.42. The molecule has 5 rings (SSSR count). The number of nitrogens with zero attached hydrogens (tertiary/aromatic N) is 6. The summed E-state index contributed by atoms with van der Waals surface area (Å²) < 4.78 is 15.7. The summed E-state index contributed by atoms with van der Waals surface area (Å²) in [6, 6.07) is 10.3. The lowest BCUT2D eigenvalue weighted by Crippen LogP contribution is -2.58. The normalized spacial score (nSPS) is 17.1. The second kappa shape index (κ2) is 10.5. The van der Waals surface area contributed by atoms with Crippen LogP contribution in [0.4, 0.5) is 21.5 Å². The minimum atomic E-state index is -0.526. The van der Waals surface area contributed by atoms with Gasteiger partial charge in [-0.3, -0.25) is 9.88 Å². The average Bonchev–Trinajstić information content (AvgIpc) is 3.37. The number of likely N-dealkylation sites (tertiary alicyclic amines) is 1. The Morgan fingerprint density at radius 3 is 2.45 bits per heavy atom. The van der Waals surface area contributed by atoms with Crippen molar-refractivity contribution >= 4 is 51.2 Å². The summed E-state index contributed by atoms with van der Waals surface area (Å²) in [6.07, 6.45) is 5.41. The van der Waals surface area contributed by atoms with Gasteiger partial charge in [-0.25, -0.2) is 9.07 Å². The summed E-state index contributed by atoms with van der Waals surface area (Å²) in [6.45, 7) is 9.51. The summed E-state index contributed by atoms with van der Waals surface area (Å²) in [5.41, 5.74) is 3.48. The largest absolute Gasteiger partial charge is 0.379 e. The number of aromatic nitrogens is 4. The number of anilines is 3. The maximum Gasteiger partial charge on any atom is 0.141 e. The van der Waals surface area contributed by atoms with E-state index in [4.69, 9.17) is 23.2 Å². The molecular weight excluding hydrogens is 550 g/mol. The van der Waals surface area contributed by atoms with Crippen LogP contribution in [0.3, 0.4) is 0 Å². The minimum absolute atomic E-state index is 0.0253. The van der Waals surface area contributed by atoms with E-state index in [-0.39, 0.29) is 22.1 Å².